The third-order valence-corrected chi connectivity index (χ3v) is 3.91. The number of nitrogens with zero attached hydrogens (tertiary/aromatic N) is 2. The van der Waals surface area contributed by atoms with Gasteiger partial charge in [0.2, 0.25) is 5.89 Å². The van der Waals surface area contributed by atoms with Gasteiger partial charge in [-0.3, -0.25) is 9.89 Å². The summed E-state index contributed by atoms with van der Waals surface area (Å²) in [5, 5.41) is 9.89. The van der Waals surface area contributed by atoms with Crippen LogP contribution in [0.25, 0.3) is 11.1 Å². The molecule has 0 aliphatic heterocycles. The lowest BCUT2D eigenvalue weighted by Gasteiger charge is -2.14. The monoisotopic (exact) mass is 340 g/mol. The number of H-pyrrole nitrogens is 1. The molecule has 1 amide bonds. The number of rotatable bonds is 2. The van der Waals surface area contributed by atoms with Gasteiger partial charge < -0.3 is 9.73 Å². The van der Waals surface area contributed by atoms with Gasteiger partial charge in [-0.1, -0.05) is 41.5 Å². The molecule has 1 aromatic carbocycles. The molecule has 2 N–H and O–H groups in total. The summed E-state index contributed by atoms with van der Waals surface area (Å²) in [7, 11) is 0. The minimum absolute atomic E-state index is 0.0888. The number of aromatic nitrogens is 3. The minimum Gasteiger partial charge on any atom is -0.440 e. The topological polar surface area (TPSA) is 83.8 Å². The Morgan fingerprint density at radius 1 is 1.08 bits per heavy atom. The van der Waals surface area contributed by atoms with Crippen molar-refractivity contribution in [3.63, 3.8) is 0 Å². The van der Waals surface area contributed by atoms with E-state index in [2.05, 4.69) is 41.3 Å². The van der Waals surface area contributed by atoms with Crippen LogP contribution in [0.4, 0.5) is 5.69 Å². The smallest absolute Gasteiger partial charge is 0.276 e. The first-order valence-electron chi connectivity index (χ1n) is 8.32. The molecule has 0 saturated heterocycles. The van der Waals surface area contributed by atoms with Crippen LogP contribution in [0.1, 0.15) is 63.6 Å². The van der Waals surface area contributed by atoms with Crippen molar-refractivity contribution in [3.8, 4) is 0 Å². The van der Waals surface area contributed by atoms with Gasteiger partial charge in [0.05, 0.1) is 0 Å². The van der Waals surface area contributed by atoms with E-state index >= 15 is 0 Å². The molecular weight excluding hydrogens is 316 g/mol. The number of carbonyl (C=O) groups excluding carboxylic acids is 1. The summed E-state index contributed by atoms with van der Waals surface area (Å²) in [5.41, 5.74) is 3.11. The van der Waals surface area contributed by atoms with Crippen LogP contribution < -0.4 is 5.32 Å². The molecule has 0 saturated carbocycles. The number of nitrogens with one attached hydrogen (secondary N) is 2. The van der Waals surface area contributed by atoms with E-state index in [1.54, 1.807) is 12.1 Å². The van der Waals surface area contributed by atoms with Gasteiger partial charge in [0.15, 0.2) is 11.3 Å². The largest absolute Gasteiger partial charge is 0.440 e. The number of anilines is 1. The van der Waals surface area contributed by atoms with Gasteiger partial charge in [-0.2, -0.15) is 5.10 Å². The molecule has 0 aliphatic rings. The highest BCUT2D eigenvalue weighted by Gasteiger charge is 2.22. The van der Waals surface area contributed by atoms with Crippen molar-refractivity contribution in [1.29, 1.82) is 0 Å². The highest BCUT2D eigenvalue weighted by atomic mass is 16.3. The fourth-order valence-corrected chi connectivity index (χ4v) is 2.34. The Morgan fingerprint density at radius 2 is 1.80 bits per heavy atom. The normalized spacial score (nSPS) is 12.6. The minimum atomic E-state index is -0.259. The second-order valence-corrected chi connectivity index (χ2v) is 8.32. The summed E-state index contributed by atoms with van der Waals surface area (Å²) in [4.78, 5) is 16.9. The molecule has 0 spiro atoms. The lowest BCUT2D eigenvalue weighted by molar-refractivity contribution is 0.102. The van der Waals surface area contributed by atoms with Gasteiger partial charge in [0.1, 0.15) is 5.52 Å². The Hall–Kier alpha value is -2.63. The quantitative estimate of drug-likeness (QED) is 0.724. The van der Waals surface area contributed by atoms with Gasteiger partial charge in [-0.05, 0) is 24.3 Å². The lowest BCUT2D eigenvalue weighted by atomic mass is 9.92. The van der Waals surface area contributed by atoms with Gasteiger partial charge in [-0.15, -0.1) is 0 Å². The Morgan fingerprint density at radius 3 is 2.40 bits per heavy atom. The van der Waals surface area contributed by atoms with Crippen molar-refractivity contribution in [2.24, 2.45) is 0 Å². The molecule has 132 valence electrons. The maximum Gasteiger partial charge on any atom is 0.276 e. The SMILES string of the molecule is CC(C)(C)c1cc(C(=O)Nc2ccc3oc(C(C)(C)C)nc3c2)n[nH]1. The van der Waals surface area contributed by atoms with Gasteiger partial charge >= 0.3 is 0 Å². The Balaban J connectivity index is 1.82. The van der Waals surface area contributed by atoms with E-state index in [4.69, 9.17) is 4.42 Å². The van der Waals surface area contributed by atoms with E-state index in [0.717, 1.165) is 11.2 Å². The maximum atomic E-state index is 12.4. The zero-order valence-electron chi connectivity index (χ0n) is 15.5. The number of amides is 1. The number of oxazole rings is 1. The van der Waals surface area contributed by atoms with Crippen LogP contribution in [0.3, 0.4) is 0 Å². The standard InChI is InChI=1S/C19H24N4O2/c1-18(2,3)15-10-13(22-23-15)16(24)20-11-7-8-14-12(9-11)21-17(25-14)19(4,5)6/h7-10H,1-6H3,(H,20,24)(H,22,23). The lowest BCUT2D eigenvalue weighted by Crippen LogP contribution is -2.13. The molecule has 2 aromatic heterocycles. The molecule has 6 nitrogen and oxygen atoms in total. The molecule has 0 unspecified atom stereocenters. The number of hydrogen-bond donors (Lipinski definition) is 2. The number of fused-ring (bicyclic) bond motifs is 1. The summed E-state index contributed by atoms with van der Waals surface area (Å²) in [6.07, 6.45) is 0. The average molecular weight is 340 g/mol. The van der Waals surface area contributed by atoms with Gasteiger partial charge in [0, 0.05) is 22.2 Å². The first-order chi connectivity index (χ1) is 11.5. The summed E-state index contributed by atoms with van der Waals surface area (Å²) in [6, 6.07) is 7.21. The van der Waals surface area contributed by atoms with Crippen molar-refractivity contribution < 1.29 is 9.21 Å². The van der Waals surface area contributed by atoms with Crippen LogP contribution in [-0.4, -0.2) is 21.1 Å². The van der Waals surface area contributed by atoms with Crippen LogP contribution in [0.2, 0.25) is 0 Å². The summed E-state index contributed by atoms with van der Waals surface area (Å²) in [6.45, 7) is 12.3. The molecule has 2 heterocycles. The molecule has 0 atom stereocenters. The molecule has 0 bridgehead atoms. The average Bonchev–Trinajstić information content (AvgIpc) is 3.12. The van der Waals surface area contributed by atoms with E-state index < -0.39 is 0 Å². The molecule has 3 aromatic rings. The number of carbonyl (C=O) groups is 1. The zero-order valence-corrected chi connectivity index (χ0v) is 15.5. The van der Waals surface area contributed by atoms with Crippen molar-refractivity contribution in [2.75, 3.05) is 5.32 Å². The van der Waals surface area contributed by atoms with Crippen LogP contribution >= 0.6 is 0 Å². The van der Waals surface area contributed by atoms with Crippen molar-refractivity contribution in [2.45, 2.75) is 52.4 Å². The Labute approximate surface area is 147 Å². The predicted octanol–water partition coefficient (Wildman–Crippen LogP) is 4.40. The van der Waals surface area contributed by atoms with E-state index in [-0.39, 0.29) is 16.7 Å². The van der Waals surface area contributed by atoms with Gasteiger partial charge in [0.25, 0.3) is 5.91 Å². The molecule has 25 heavy (non-hydrogen) atoms. The third-order valence-electron chi connectivity index (χ3n) is 3.91. The van der Waals surface area contributed by atoms with Crippen molar-refractivity contribution in [3.05, 3.63) is 41.5 Å². The van der Waals surface area contributed by atoms with Crippen LogP contribution in [0.15, 0.2) is 28.7 Å². The second kappa shape index (κ2) is 5.72. The fraction of sp³-hybridized carbons (Fsp3) is 0.421. The van der Waals surface area contributed by atoms with E-state index in [1.165, 1.54) is 0 Å². The second-order valence-electron chi connectivity index (χ2n) is 8.32. The predicted molar refractivity (Wildman–Crippen MR) is 97.9 cm³/mol. The Kier molecular flexibility index (Phi) is 3.94. The molecular formula is C19H24N4O2. The molecule has 3 rings (SSSR count). The van der Waals surface area contributed by atoms with Crippen molar-refractivity contribution >= 4 is 22.7 Å². The molecule has 0 fully saturated rings. The first-order valence-corrected chi connectivity index (χ1v) is 8.32. The first kappa shape index (κ1) is 17.2. The number of benzene rings is 1. The third kappa shape index (κ3) is 3.57. The highest BCUT2D eigenvalue weighted by Crippen LogP contribution is 2.27. The van der Waals surface area contributed by atoms with E-state index in [0.29, 0.717) is 22.9 Å². The highest BCUT2D eigenvalue weighted by molar-refractivity contribution is 6.03. The molecule has 0 aliphatic carbocycles. The fourth-order valence-electron chi connectivity index (χ4n) is 2.34. The summed E-state index contributed by atoms with van der Waals surface area (Å²) < 4.78 is 5.78. The van der Waals surface area contributed by atoms with Gasteiger partial charge in [-0.25, -0.2) is 4.98 Å². The van der Waals surface area contributed by atoms with Crippen LogP contribution in [0.5, 0.6) is 0 Å². The number of aromatic amines is 1. The molecule has 0 radical (unpaired) electrons. The molecule has 6 heteroatoms. The summed E-state index contributed by atoms with van der Waals surface area (Å²) in [5.74, 6) is 0.415. The van der Waals surface area contributed by atoms with Crippen molar-refractivity contribution in [1.82, 2.24) is 15.2 Å². The Bertz CT molecular complexity index is 923. The van der Waals surface area contributed by atoms with E-state index in [1.807, 2.05) is 32.9 Å². The summed E-state index contributed by atoms with van der Waals surface area (Å²) >= 11 is 0. The number of hydrogen-bond acceptors (Lipinski definition) is 4. The van der Waals surface area contributed by atoms with Crippen LogP contribution in [0, 0.1) is 0 Å². The zero-order chi connectivity index (χ0) is 18.4. The maximum absolute atomic E-state index is 12.4. The van der Waals surface area contributed by atoms with E-state index in [9.17, 15) is 4.79 Å². The van der Waals surface area contributed by atoms with Crippen LogP contribution in [-0.2, 0) is 10.8 Å².